The van der Waals surface area contributed by atoms with Crippen molar-refractivity contribution >= 4 is 17.0 Å². The Labute approximate surface area is 161 Å². The fourth-order valence-electron chi connectivity index (χ4n) is 4.09. The number of rotatable bonds is 6. The van der Waals surface area contributed by atoms with Crippen molar-refractivity contribution in [2.24, 2.45) is 7.05 Å². The van der Waals surface area contributed by atoms with E-state index in [-0.39, 0.29) is 5.56 Å². The lowest BCUT2D eigenvalue weighted by Crippen LogP contribution is -2.33. The number of aromatic nitrogens is 3. The summed E-state index contributed by atoms with van der Waals surface area (Å²) in [4.78, 5) is 23.6. The molecule has 0 radical (unpaired) electrons. The summed E-state index contributed by atoms with van der Waals surface area (Å²) >= 11 is 0. The van der Waals surface area contributed by atoms with Crippen molar-refractivity contribution in [2.45, 2.75) is 47.5 Å². The molecule has 0 aliphatic heterocycles. The van der Waals surface area contributed by atoms with Crippen molar-refractivity contribution < 1.29 is 0 Å². The highest BCUT2D eigenvalue weighted by Gasteiger charge is 2.20. The number of hydrogen-bond acceptors (Lipinski definition) is 3. The summed E-state index contributed by atoms with van der Waals surface area (Å²) in [5.41, 5.74) is 6.32. The Kier molecular flexibility index (Phi) is 5.40. The first-order valence-electron chi connectivity index (χ1n) is 9.80. The van der Waals surface area contributed by atoms with E-state index in [0.29, 0.717) is 11.0 Å². The van der Waals surface area contributed by atoms with Crippen LogP contribution in [0.1, 0.15) is 43.4 Å². The molecular weight excluding hydrogens is 336 g/mol. The first-order valence-corrected chi connectivity index (χ1v) is 9.80. The van der Waals surface area contributed by atoms with E-state index < -0.39 is 0 Å². The van der Waals surface area contributed by atoms with Crippen molar-refractivity contribution in [1.82, 2.24) is 14.5 Å². The number of hydrogen-bond donors (Lipinski definition) is 1. The number of nitrogens with zero attached hydrogens (tertiary/aromatic N) is 3. The molecule has 1 aromatic carbocycles. The van der Waals surface area contributed by atoms with Crippen LogP contribution in [0, 0.1) is 20.8 Å². The van der Waals surface area contributed by atoms with Gasteiger partial charge in [0, 0.05) is 31.9 Å². The molecule has 0 bridgehead atoms. The van der Waals surface area contributed by atoms with Gasteiger partial charge in [-0.25, -0.2) is 0 Å². The van der Waals surface area contributed by atoms with Crippen LogP contribution in [0.5, 0.6) is 0 Å². The Hall–Kier alpha value is -2.56. The molecule has 2 heterocycles. The average Bonchev–Trinajstić information content (AvgIpc) is 3.01. The molecule has 0 fully saturated rings. The third-order valence-corrected chi connectivity index (χ3v) is 5.11. The van der Waals surface area contributed by atoms with Gasteiger partial charge in [-0.2, -0.15) is 4.98 Å². The molecule has 0 atom stereocenters. The molecule has 0 unspecified atom stereocenters. The van der Waals surface area contributed by atoms with Gasteiger partial charge in [-0.15, -0.1) is 0 Å². The molecule has 0 saturated heterocycles. The number of nitrogens with one attached hydrogen (secondary N) is 1. The fraction of sp³-hybridized carbons (Fsp3) is 0.455. The highest BCUT2D eigenvalue weighted by Crippen LogP contribution is 2.32. The van der Waals surface area contributed by atoms with Crippen LogP contribution in [0.4, 0.5) is 5.95 Å². The zero-order chi connectivity index (χ0) is 19.7. The zero-order valence-electron chi connectivity index (χ0n) is 17.3. The smallest absolute Gasteiger partial charge is 0.264 e. The van der Waals surface area contributed by atoms with Gasteiger partial charge in [0.25, 0.3) is 5.56 Å². The van der Waals surface area contributed by atoms with E-state index in [2.05, 4.69) is 56.6 Å². The van der Waals surface area contributed by atoms with Crippen LogP contribution in [0.2, 0.25) is 0 Å². The maximum Gasteiger partial charge on any atom is 0.264 e. The van der Waals surface area contributed by atoms with E-state index >= 15 is 0 Å². The number of H-pyrrole nitrogens is 1. The van der Waals surface area contributed by atoms with E-state index in [1.165, 1.54) is 16.7 Å². The summed E-state index contributed by atoms with van der Waals surface area (Å²) in [5, 5.41) is 0.671. The lowest BCUT2D eigenvalue weighted by atomic mass is 9.94. The second-order valence-electron chi connectivity index (χ2n) is 7.46. The van der Waals surface area contributed by atoms with E-state index in [0.717, 1.165) is 43.0 Å². The van der Waals surface area contributed by atoms with E-state index in [4.69, 9.17) is 4.98 Å². The molecule has 2 aromatic heterocycles. The van der Waals surface area contributed by atoms with Crippen molar-refractivity contribution in [3.05, 3.63) is 45.4 Å². The van der Waals surface area contributed by atoms with Crippen molar-refractivity contribution in [1.29, 1.82) is 0 Å². The minimum absolute atomic E-state index is 0.00262. The third-order valence-electron chi connectivity index (χ3n) is 5.11. The molecule has 0 aliphatic carbocycles. The number of aromatic amines is 1. The van der Waals surface area contributed by atoms with Gasteiger partial charge in [-0.05, 0) is 50.3 Å². The molecule has 0 amide bonds. The molecule has 3 aromatic rings. The SMILES string of the molecule is CCCN(CCC)c1nc2[nH]cc(-c3c(C)cc(C)cc3C)c2c(=O)n1C. The predicted molar refractivity (Wildman–Crippen MR) is 114 cm³/mol. The molecule has 144 valence electrons. The molecule has 0 aliphatic rings. The molecule has 5 heteroatoms. The van der Waals surface area contributed by atoms with E-state index in [1.807, 2.05) is 13.2 Å². The van der Waals surface area contributed by atoms with Crippen LogP contribution in [0.3, 0.4) is 0 Å². The van der Waals surface area contributed by atoms with Crippen LogP contribution in [0.25, 0.3) is 22.2 Å². The number of anilines is 1. The van der Waals surface area contributed by atoms with Gasteiger partial charge in [0.15, 0.2) is 0 Å². The van der Waals surface area contributed by atoms with Crippen molar-refractivity contribution in [2.75, 3.05) is 18.0 Å². The lowest BCUT2D eigenvalue weighted by molar-refractivity contribution is 0.685. The zero-order valence-corrected chi connectivity index (χ0v) is 17.3. The van der Waals surface area contributed by atoms with E-state index in [9.17, 15) is 4.79 Å². The lowest BCUT2D eigenvalue weighted by Gasteiger charge is -2.24. The van der Waals surface area contributed by atoms with E-state index in [1.54, 1.807) is 4.57 Å². The Balaban J connectivity index is 2.24. The molecule has 0 saturated carbocycles. The Morgan fingerprint density at radius 1 is 1.07 bits per heavy atom. The largest absolute Gasteiger partial charge is 0.345 e. The molecule has 0 spiro atoms. The maximum atomic E-state index is 13.3. The quantitative estimate of drug-likeness (QED) is 0.700. The molecule has 5 nitrogen and oxygen atoms in total. The summed E-state index contributed by atoms with van der Waals surface area (Å²) in [6.45, 7) is 12.4. The Morgan fingerprint density at radius 2 is 1.67 bits per heavy atom. The fourth-order valence-corrected chi connectivity index (χ4v) is 4.09. The average molecular weight is 367 g/mol. The van der Waals surface area contributed by atoms with Crippen LogP contribution in [-0.2, 0) is 7.05 Å². The number of benzene rings is 1. The number of fused-ring (bicyclic) bond motifs is 1. The summed E-state index contributed by atoms with van der Waals surface area (Å²) in [5.74, 6) is 0.738. The summed E-state index contributed by atoms with van der Waals surface area (Å²) in [6.07, 6.45) is 3.97. The first-order chi connectivity index (χ1) is 12.9. The van der Waals surface area contributed by atoms with Crippen molar-refractivity contribution in [3.63, 3.8) is 0 Å². The highest BCUT2D eigenvalue weighted by molar-refractivity contribution is 5.95. The number of aryl methyl sites for hydroxylation is 3. The second-order valence-corrected chi connectivity index (χ2v) is 7.46. The van der Waals surface area contributed by atoms with Gasteiger partial charge in [-0.3, -0.25) is 9.36 Å². The van der Waals surface area contributed by atoms with Gasteiger partial charge >= 0.3 is 0 Å². The monoisotopic (exact) mass is 366 g/mol. The van der Waals surface area contributed by atoms with Gasteiger partial charge in [0.1, 0.15) is 5.65 Å². The molecular formula is C22H30N4O. The third kappa shape index (κ3) is 3.38. The normalized spacial score (nSPS) is 11.3. The van der Waals surface area contributed by atoms with Crippen LogP contribution < -0.4 is 10.5 Å². The standard InChI is InChI=1S/C22H30N4O/c1-7-9-26(10-8-2)22-24-20-19(21(27)25(22)6)17(13-23-20)18-15(4)11-14(3)12-16(18)5/h11-13,23H,7-10H2,1-6H3. The minimum Gasteiger partial charge on any atom is -0.345 e. The second kappa shape index (κ2) is 7.59. The Bertz CT molecular complexity index is 1000. The first kappa shape index (κ1) is 19.2. The summed E-state index contributed by atoms with van der Waals surface area (Å²) in [6, 6.07) is 4.33. The minimum atomic E-state index is 0.00262. The molecule has 1 N–H and O–H groups in total. The summed E-state index contributed by atoms with van der Waals surface area (Å²) < 4.78 is 1.70. The van der Waals surface area contributed by atoms with Gasteiger partial charge < -0.3 is 9.88 Å². The van der Waals surface area contributed by atoms with Crippen molar-refractivity contribution in [3.8, 4) is 11.1 Å². The van der Waals surface area contributed by atoms with Crippen LogP contribution in [-0.4, -0.2) is 27.6 Å². The van der Waals surface area contributed by atoms with Gasteiger partial charge in [0.05, 0.1) is 5.39 Å². The maximum absolute atomic E-state index is 13.3. The van der Waals surface area contributed by atoms with Gasteiger partial charge in [-0.1, -0.05) is 31.5 Å². The van der Waals surface area contributed by atoms with Crippen LogP contribution in [0.15, 0.2) is 23.1 Å². The Morgan fingerprint density at radius 3 is 2.22 bits per heavy atom. The van der Waals surface area contributed by atoms with Crippen LogP contribution >= 0.6 is 0 Å². The van der Waals surface area contributed by atoms with Gasteiger partial charge in [0.2, 0.25) is 5.95 Å². The highest BCUT2D eigenvalue weighted by atomic mass is 16.1. The summed E-state index contributed by atoms with van der Waals surface area (Å²) in [7, 11) is 1.83. The topological polar surface area (TPSA) is 53.9 Å². The molecule has 3 rings (SSSR count). The molecule has 27 heavy (non-hydrogen) atoms. The predicted octanol–water partition coefficient (Wildman–Crippen LogP) is 4.48.